The van der Waals surface area contributed by atoms with Gasteiger partial charge in [0, 0.05) is 13.0 Å². The number of sulfone groups is 1. The lowest BCUT2D eigenvalue weighted by Gasteiger charge is -2.36. The van der Waals surface area contributed by atoms with Gasteiger partial charge in [-0.25, -0.2) is 8.42 Å². The molecule has 1 fully saturated rings. The number of carboxylic acids is 1. The van der Waals surface area contributed by atoms with Crippen LogP contribution >= 0.6 is 0 Å². The Balaban J connectivity index is 2.44. The second-order valence-electron chi connectivity index (χ2n) is 6.40. The van der Waals surface area contributed by atoms with E-state index in [-0.39, 0.29) is 18.7 Å². The Morgan fingerprint density at radius 1 is 1.25 bits per heavy atom. The fourth-order valence-electron chi connectivity index (χ4n) is 2.07. The fourth-order valence-corrected chi connectivity index (χ4v) is 3.05. The molecule has 0 spiro atoms. The summed E-state index contributed by atoms with van der Waals surface area (Å²) in [6.07, 6.45) is 1.77. The van der Waals surface area contributed by atoms with Crippen molar-refractivity contribution in [1.82, 2.24) is 5.32 Å². The average molecular weight is 305 g/mol. The maximum atomic E-state index is 11.8. The molecule has 0 aromatic carbocycles. The molecule has 0 radical (unpaired) electrons. The van der Waals surface area contributed by atoms with Crippen molar-refractivity contribution in [3.63, 3.8) is 0 Å². The summed E-state index contributed by atoms with van der Waals surface area (Å²) in [7, 11) is -3.28. The summed E-state index contributed by atoms with van der Waals surface area (Å²) in [5, 5.41) is 11.6. The van der Waals surface area contributed by atoms with Crippen molar-refractivity contribution in [2.75, 3.05) is 12.3 Å². The number of aliphatic carboxylic acids is 1. The van der Waals surface area contributed by atoms with Gasteiger partial charge in [-0.05, 0) is 33.6 Å². The minimum Gasteiger partial charge on any atom is -0.481 e. The third-order valence-electron chi connectivity index (χ3n) is 3.89. The largest absolute Gasteiger partial charge is 0.481 e. The van der Waals surface area contributed by atoms with Gasteiger partial charge < -0.3 is 10.4 Å². The van der Waals surface area contributed by atoms with Crippen molar-refractivity contribution in [3.8, 4) is 0 Å². The smallest absolute Gasteiger partial charge is 0.310 e. The highest BCUT2D eigenvalue weighted by molar-refractivity contribution is 7.92. The third kappa shape index (κ3) is 3.71. The Morgan fingerprint density at radius 3 is 2.15 bits per heavy atom. The molecule has 2 N–H and O–H groups in total. The minimum atomic E-state index is -3.28. The highest BCUT2D eigenvalue weighted by Crippen LogP contribution is 2.44. The quantitative estimate of drug-likeness (QED) is 0.761. The van der Waals surface area contributed by atoms with Crippen molar-refractivity contribution in [1.29, 1.82) is 0 Å². The second kappa shape index (κ2) is 5.71. The number of hydrogen-bond donors (Lipinski definition) is 2. The highest BCUT2D eigenvalue weighted by atomic mass is 32.2. The summed E-state index contributed by atoms with van der Waals surface area (Å²) in [6, 6.07) is 0. The predicted molar refractivity (Wildman–Crippen MR) is 75.1 cm³/mol. The van der Waals surface area contributed by atoms with Crippen molar-refractivity contribution in [3.05, 3.63) is 0 Å². The molecule has 0 aliphatic heterocycles. The third-order valence-corrected chi connectivity index (χ3v) is 6.50. The number of nitrogens with one attached hydrogen (secondary N) is 1. The van der Waals surface area contributed by atoms with Gasteiger partial charge >= 0.3 is 5.97 Å². The normalized spacial score (nSPS) is 18.1. The van der Waals surface area contributed by atoms with Gasteiger partial charge in [-0.3, -0.25) is 9.59 Å². The van der Waals surface area contributed by atoms with Crippen molar-refractivity contribution >= 4 is 21.7 Å². The van der Waals surface area contributed by atoms with Crippen LogP contribution in [0.5, 0.6) is 0 Å². The molecule has 0 heterocycles. The van der Waals surface area contributed by atoms with E-state index in [9.17, 15) is 18.0 Å². The van der Waals surface area contributed by atoms with E-state index in [2.05, 4.69) is 5.32 Å². The van der Waals surface area contributed by atoms with E-state index in [1.54, 1.807) is 20.8 Å². The van der Waals surface area contributed by atoms with Crippen molar-refractivity contribution in [2.24, 2.45) is 5.41 Å². The van der Waals surface area contributed by atoms with E-state index >= 15 is 0 Å². The summed E-state index contributed by atoms with van der Waals surface area (Å²) in [5.74, 6) is -1.47. The zero-order chi connectivity index (χ0) is 15.6. The maximum absolute atomic E-state index is 11.8. The molecule has 0 atom stereocenters. The predicted octanol–water partition coefficient (Wildman–Crippen LogP) is 0.961. The lowest BCUT2D eigenvalue weighted by molar-refractivity contribution is -0.157. The molecule has 20 heavy (non-hydrogen) atoms. The SMILES string of the molecule is CC(C)(C)S(=O)(=O)CCNC(=O)CC1(C(=O)O)CCC1. The van der Waals surface area contributed by atoms with Gasteiger partial charge in [-0.15, -0.1) is 0 Å². The van der Waals surface area contributed by atoms with Gasteiger partial charge in [-0.1, -0.05) is 6.42 Å². The Morgan fingerprint density at radius 2 is 1.80 bits per heavy atom. The van der Waals surface area contributed by atoms with Crippen LogP contribution < -0.4 is 5.32 Å². The van der Waals surface area contributed by atoms with Crippen LogP contribution in [0.15, 0.2) is 0 Å². The molecule has 0 saturated heterocycles. The zero-order valence-electron chi connectivity index (χ0n) is 12.2. The van der Waals surface area contributed by atoms with Crippen LogP contribution in [0.2, 0.25) is 0 Å². The van der Waals surface area contributed by atoms with E-state index in [0.717, 1.165) is 6.42 Å². The Kier molecular flexibility index (Phi) is 4.84. The van der Waals surface area contributed by atoms with Crippen LogP contribution in [-0.4, -0.2) is 42.4 Å². The molecule has 1 aliphatic carbocycles. The molecule has 0 aromatic rings. The molecular weight excluding hydrogens is 282 g/mol. The van der Waals surface area contributed by atoms with Crippen molar-refractivity contribution < 1.29 is 23.1 Å². The monoisotopic (exact) mass is 305 g/mol. The first-order valence-corrected chi connectivity index (χ1v) is 8.38. The molecule has 0 unspecified atom stereocenters. The van der Waals surface area contributed by atoms with Crippen LogP contribution in [0, 0.1) is 5.41 Å². The molecule has 1 rings (SSSR count). The topological polar surface area (TPSA) is 101 Å². The number of amides is 1. The van der Waals surface area contributed by atoms with Gasteiger partial charge in [0.1, 0.15) is 0 Å². The Bertz CT molecular complexity index is 485. The van der Waals surface area contributed by atoms with E-state index in [1.807, 2.05) is 0 Å². The van der Waals surface area contributed by atoms with Crippen LogP contribution in [-0.2, 0) is 19.4 Å². The maximum Gasteiger partial charge on any atom is 0.310 e. The van der Waals surface area contributed by atoms with Crippen LogP contribution in [0.1, 0.15) is 46.5 Å². The van der Waals surface area contributed by atoms with E-state index in [4.69, 9.17) is 5.11 Å². The first-order valence-electron chi connectivity index (χ1n) is 6.73. The molecule has 7 heteroatoms. The standard InChI is InChI=1S/C13H23NO5S/c1-12(2,3)20(18,19)8-7-14-10(15)9-13(11(16)17)5-4-6-13/h4-9H2,1-3H3,(H,14,15)(H,16,17). The van der Waals surface area contributed by atoms with E-state index in [1.165, 1.54) is 0 Å². The molecule has 1 saturated carbocycles. The lowest BCUT2D eigenvalue weighted by atomic mass is 9.66. The van der Waals surface area contributed by atoms with Crippen LogP contribution in [0.25, 0.3) is 0 Å². The van der Waals surface area contributed by atoms with Crippen molar-refractivity contribution in [2.45, 2.75) is 51.2 Å². The van der Waals surface area contributed by atoms with Crippen LogP contribution in [0.3, 0.4) is 0 Å². The first-order chi connectivity index (χ1) is 9.00. The number of carbonyl (C=O) groups is 2. The van der Waals surface area contributed by atoms with Gasteiger partial charge in [0.05, 0.1) is 15.9 Å². The Hall–Kier alpha value is -1.11. The number of carbonyl (C=O) groups excluding carboxylic acids is 1. The van der Waals surface area contributed by atoms with E-state index in [0.29, 0.717) is 12.8 Å². The summed E-state index contributed by atoms with van der Waals surface area (Å²) in [4.78, 5) is 22.8. The summed E-state index contributed by atoms with van der Waals surface area (Å²) in [5.41, 5.74) is -0.938. The van der Waals surface area contributed by atoms with Gasteiger partial charge in [-0.2, -0.15) is 0 Å². The van der Waals surface area contributed by atoms with Gasteiger partial charge in [0.2, 0.25) is 5.91 Å². The van der Waals surface area contributed by atoms with E-state index < -0.39 is 31.9 Å². The highest BCUT2D eigenvalue weighted by Gasteiger charge is 2.45. The first kappa shape index (κ1) is 16.9. The second-order valence-corrected chi connectivity index (χ2v) is 9.26. The summed E-state index contributed by atoms with van der Waals surface area (Å²) < 4.78 is 22.8. The minimum absolute atomic E-state index is 0.0220. The molecule has 1 aliphatic rings. The molecule has 0 bridgehead atoms. The van der Waals surface area contributed by atoms with Gasteiger partial charge in [0.15, 0.2) is 9.84 Å². The van der Waals surface area contributed by atoms with Crippen LogP contribution in [0.4, 0.5) is 0 Å². The average Bonchev–Trinajstić information content (AvgIpc) is 2.20. The number of carboxylic acid groups (broad SMARTS) is 1. The molecular formula is C13H23NO5S. The lowest BCUT2D eigenvalue weighted by Crippen LogP contribution is -2.43. The fraction of sp³-hybridized carbons (Fsp3) is 0.846. The number of hydrogen-bond acceptors (Lipinski definition) is 4. The Labute approximate surface area is 119 Å². The number of rotatable bonds is 6. The summed E-state index contributed by atoms with van der Waals surface area (Å²) >= 11 is 0. The molecule has 6 nitrogen and oxygen atoms in total. The van der Waals surface area contributed by atoms with Gasteiger partial charge in [0.25, 0.3) is 0 Å². The molecule has 116 valence electrons. The summed E-state index contributed by atoms with van der Waals surface area (Å²) in [6.45, 7) is 4.85. The molecule has 1 amide bonds. The molecule has 0 aromatic heterocycles. The zero-order valence-corrected chi connectivity index (χ0v) is 13.0.